The van der Waals surface area contributed by atoms with Crippen molar-refractivity contribution in [1.82, 2.24) is 0 Å². The first-order valence-electron chi connectivity index (χ1n) is 5.98. The highest BCUT2D eigenvalue weighted by molar-refractivity contribution is 5.68. The number of carboxylic acid groups (broad SMARTS) is 1. The number of carbonyl (C=O) groups is 1. The minimum absolute atomic E-state index is 0.150. The summed E-state index contributed by atoms with van der Waals surface area (Å²) in [6, 6.07) is 5.98. The van der Waals surface area contributed by atoms with Crippen LogP contribution in [-0.2, 0) is 11.2 Å². The van der Waals surface area contributed by atoms with Crippen molar-refractivity contribution in [3.8, 4) is 5.75 Å². The third kappa shape index (κ3) is 2.60. The Morgan fingerprint density at radius 3 is 2.94 bits per heavy atom. The lowest BCUT2D eigenvalue weighted by Gasteiger charge is -2.29. The second-order valence-corrected chi connectivity index (χ2v) is 4.90. The Hall–Kier alpha value is -1.51. The lowest BCUT2D eigenvalue weighted by Crippen LogP contribution is -2.19. The second kappa shape index (κ2) is 4.78. The second-order valence-electron chi connectivity index (χ2n) is 4.90. The van der Waals surface area contributed by atoms with E-state index in [4.69, 9.17) is 9.84 Å². The average molecular weight is 234 g/mol. The van der Waals surface area contributed by atoms with Gasteiger partial charge in [0.05, 0.1) is 13.5 Å². The standard InChI is InChI=1S/C14H18O3/c1-9-5-10-7-12(17-2)3-4-13(10)11(6-9)8-14(15)16/h3-4,7,9,11H,5-6,8H2,1-2H3,(H,15,16). The number of fused-ring (bicyclic) bond motifs is 1. The third-order valence-electron chi connectivity index (χ3n) is 3.47. The molecule has 0 aliphatic heterocycles. The summed E-state index contributed by atoms with van der Waals surface area (Å²) >= 11 is 0. The molecule has 0 radical (unpaired) electrons. The van der Waals surface area contributed by atoms with Gasteiger partial charge in [0.15, 0.2) is 0 Å². The molecule has 1 aliphatic carbocycles. The van der Waals surface area contributed by atoms with Crippen LogP contribution in [0.3, 0.4) is 0 Å². The molecule has 17 heavy (non-hydrogen) atoms. The summed E-state index contributed by atoms with van der Waals surface area (Å²) in [4.78, 5) is 10.9. The van der Waals surface area contributed by atoms with Gasteiger partial charge >= 0.3 is 5.97 Å². The lowest BCUT2D eigenvalue weighted by atomic mass is 9.76. The van der Waals surface area contributed by atoms with Gasteiger partial charge in [0, 0.05) is 0 Å². The number of carboxylic acids is 1. The highest BCUT2D eigenvalue weighted by Gasteiger charge is 2.26. The lowest BCUT2D eigenvalue weighted by molar-refractivity contribution is -0.137. The molecule has 0 saturated carbocycles. The van der Waals surface area contributed by atoms with Crippen molar-refractivity contribution in [2.75, 3.05) is 7.11 Å². The summed E-state index contributed by atoms with van der Waals surface area (Å²) in [6.45, 7) is 2.18. The molecule has 2 unspecified atom stereocenters. The molecule has 0 heterocycles. The van der Waals surface area contributed by atoms with E-state index in [1.807, 2.05) is 18.2 Å². The normalized spacial score (nSPS) is 22.9. The molecule has 0 saturated heterocycles. The first-order chi connectivity index (χ1) is 8.10. The molecule has 0 bridgehead atoms. The van der Waals surface area contributed by atoms with Crippen LogP contribution in [0.5, 0.6) is 5.75 Å². The molecule has 1 aromatic carbocycles. The fraction of sp³-hybridized carbons (Fsp3) is 0.500. The molecule has 2 atom stereocenters. The van der Waals surface area contributed by atoms with Crippen LogP contribution in [0.25, 0.3) is 0 Å². The summed E-state index contributed by atoms with van der Waals surface area (Å²) in [7, 11) is 1.66. The topological polar surface area (TPSA) is 46.5 Å². The van der Waals surface area contributed by atoms with Gasteiger partial charge in [-0.25, -0.2) is 0 Å². The monoisotopic (exact) mass is 234 g/mol. The van der Waals surface area contributed by atoms with E-state index in [0.29, 0.717) is 5.92 Å². The Morgan fingerprint density at radius 1 is 1.53 bits per heavy atom. The minimum Gasteiger partial charge on any atom is -0.497 e. The number of rotatable bonds is 3. The van der Waals surface area contributed by atoms with Gasteiger partial charge in [0.25, 0.3) is 0 Å². The third-order valence-corrected chi connectivity index (χ3v) is 3.47. The van der Waals surface area contributed by atoms with Crippen LogP contribution in [0, 0.1) is 5.92 Å². The fourth-order valence-corrected chi connectivity index (χ4v) is 2.76. The molecule has 3 nitrogen and oxygen atoms in total. The molecule has 0 aromatic heterocycles. The molecular weight excluding hydrogens is 216 g/mol. The van der Waals surface area contributed by atoms with Gasteiger partial charge in [0.2, 0.25) is 0 Å². The first kappa shape index (κ1) is 12.0. The van der Waals surface area contributed by atoms with E-state index in [0.717, 1.165) is 18.6 Å². The van der Waals surface area contributed by atoms with E-state index in [1.54, 1.807) is 7.11 Å². The van der Waals surface area contributed by atoms with Crippen LogP contribution in [0.4, 0.5) is 0 Å². The molecular formula is C14H18O3. The maximum absolute atomic E-state index is 10.9. The van der Waals surface area contributed by atoms with Gasteiger partial charge in [-0.05, 0) is 47.9 Å². The predicted molar refractivity (Wildman–Crippen MR) is 65.5 cm³/mol. The van der Waals surface area contributed by atoms with Crippen molar-refractivity contribution in [2.24, 2.45) is 5.92 Å². The smallest absolute Gasteiger partial charge is 0.303 e. The maximum Gasteiger partial charge on any atom is 0.303 e. The van der Waals surface area contributed by atoms with Crippen molar-refractivity contribution < 1.29 is 14.6 Å². The number of hydrogen-bond donors (Lipinski definition) is 1. The number of hydrogen-bond acceptors (Lipinski definition) is 2. The van der Waals surface area contributed by atoms with Crippen molar-refractivity contribution in [3.05, 3.63) is 29.3 Å². The average Bonchev–Trinajstić information content (AvgIpc) is 2.27. The Kier molecular flexibility index (Phi) is 3.36. The van der Waals surface area contributed by atoms with Crippen LogP contribution >= 0.6 is 0 Å². The number of methoxy groups -OCH3 is 1. The van der Waals surface area contributed by atoms with Gasteiger partial charge < -0.3 is 9.84 Å². The SMILES string of the molecule is COc1ccc2c(c1)CC(C)CC2CC(=O)O. The van der Waals surface area contributed by atoms with Crippen LogP contribution in [0.2, 0.25) is 0 Å². The Balaban J connectivity index is 2.33. The Labute approximate surface area is 101 Å². The van der Waals surface area contributed by atoms with Gasteiger partial charge in [-0.2, -0.15) is 0 Å². The maximum atomic E-state index is 10.9. The van der Waals surface area contributed by atoms with Crippen molar-refractivity contribution in [2.45, 2.75) is 32.1 Å². The van der Waals surface area contributed by atoms with E-state index >= 15 is 0 Å². The molecule has 1 aromatic rings. The van der Waals surface area contributed by atoms with Gasteiger partial charge in [-0.15, -0.1) is 0 Å². The van der Waals surface area contributed by atoms with E-state index in [9.17, 15) is 4.79 Å². The van der Waals surface area contributed by atoms with Crippen LogP contribution in [-0.4, -0.2) is 18.2 Å². The quantitative estimate of drug-likeness (QED) is 0.874. The summed E-state index contributed by atoms with van der Waals surface area (Å²) in [5, 5.41) is 8.95. The highest BCUT2D eigenvalue weighted by Crippen LogP contribution is 2.38. The number of ether oxygens (including phenoxy) is 1. The van der Waals surface area contributed by atoms with Crippen LogP contribution < -0.4 is 4.74 Å². The van der Waals surface area contributed by atoms with Gasteiger partial charge in [0.1, 0.15) is 5.75 Å². The van der Waals surface area contributed by atoms with E-state index in [2.05, 4.69) is 6.92 Å². The molecule has 1 aliphatic rings. The van der Waals surface area contributed by atoms with Crippen LogP contribution in [0.1, 0.15) is 36.8 Å². The summed E-state index contributed by atoms with van der Waals surface area (Å²) in [5.74, 6) is 0.828. The highest BCUT2D eigenvalue weighted by atomic mass is 16.5. The predicted octanol–water partition coefficient (Wildman–Crippen LogP) is 2.84. The van der Waals surface area contributed by atoms with Crippen molar-refractivity contribution in [3.63, 3.8) is 0 Å². The zero-order valence-electron chi connectivity index (χ0n) is 10.3. The zero-order valence-corrected chi connectivity index (χ0v) is 10.3. The molecule has 92 valence electrons. The molecule has 1 N–H and O–H groups in total. The molecule has 0 fully saturated rings. The zero-order chi connectivity index (χ0) is 12.4. The molecule has 3 heteroatoms. The van der Waals surface area contributed by atoms with E-state index in [1.165, 1.54) is 11.1 Å². The van der Waals surface area contributed by atoms with Crippen molar-refractivity contribution >= 4 is 5.97 Å². The van der Waals surface area contributed by atoms with Gasteiger partial charge in [-0.3, -0.25) is 4.79 Å². The fourth-order valence-electron chi connectivity index (χ4n) is 2.76. The summed E-state index contributed by atoms with van der Waals surface area (Å²) in [5.41, 5.74) is 2.43. The Morgan fingerprint density at radius 2 is 2.29 bits per heavy atom. The molecule has 0 spiro atoms. The van der Waals surface area contributed by atoms with Gasteiger partial charge in [-0.1, -0.05) is 13.0 Å². The summed E-state index contributed by atoms with van der Waals surface area (Å²) < 4.78 is 5.22. The minimum atomic E-state index is -0.717. The molecule has 2 rings (SSSR count). The number of benzene rings is 1. The van der Waals surface area contributed by atoms with Crippen LogP contribution in [0.15, 0.2) is 18.2 Å². The largest absolute Gasteiger partial charge is 0.497 e. The summed E-state index contributed by atoms with van der Waals surface area (Å²) in [6.07, 6.45) is 2.21. The van der Waals surface area contributed by atoms with Crippen molar-refractivity contribution in [1.29, 1.82) is 0 Å². The Bertz CT molecular complexity index is 425. The number of aliphatic carboxylic acids is 1. The van der Waals surface area contributed by atoms with E-state index < -0.39 is 5.97 Å². The molecule has 0 amide bonds. The first-order valence-corrected chi connectivity index (χ1v) is 5.98. The van der Waals surface area contributed by atoms with E-state index in [-0.39, 0.29) is 12.3 Å².